The van der Waals surface area contributed by atoms with Crippen molar-refractivity contribution in [3.05, 3.63) is 64.0 Å². The number of fused-ring (bicyclic) bond motifs is 1. The summed E-state index contributed by atoms with van der Waals surface area (Å²) >= 11 is 0. The number of alkyl halides is 1. The van der Waals surface area contributed by atoms with Crippen molar-refractivity contribution in [3.63, 3.8) is 0 Å². The van der Waals surface area contributed by atoms with E-state index in [1.54, 1.807) is 16.8 Å². The molecule has 46 heavy (non-hydrogen) atoms. The molecular formula is C29H36FN11O5. The van der Waals surface area contributed by atoms with Gasteiger partial charge in [-0.25, -0.2) is 14.8 Å². The number of rotatable bonds is 18. The zero-order chi connectivity index (χ0) is 32.9. The summed E-state index contributed by atoms with van der Waals surface area (Å²) in [6.45, 7) is 0.937. The first-order valence-corrected chi connectivity index (χ1v) is 14.8. The number of aliphatic carboxylic acids is 1. The summed E-state index contributed by atoms with van der Waals surface area (Å²) in [5.41, 5.74) is 7.39. The first-order chi connectivity index (χ1) is 22.2. The molecule has 16 nitrogen and oxygen atoms in total. The number of carboxylic acids is 1. The number of carbonyl (C=O) groups excluding carboxylic acids is 2. The van der Waals surface area contributed by atoms with Gasteiger partial charge in [0.05, 0.1) is 30.8 Å². The van der Waals surface area contributed by atoms with Gasteiger partial charge in [0.15, 0.2) is 11.2 Å². The van der Waals surface area contributed by atoms with Gasteiger partial charge in [-0.3, -0.25) is 28.4 Å². The predicted octanol–water partition coefficient (Wildman–Crippen LogP) is 1.35. The van der Waals surface area contributed by atoms with E-state index in [1.165, 1.54) is 18.3 Å². The Balaban J connectivity index is 1.16. The number of hydrogen-bond donors (Lipinski definition) is 6. The van der Waals surface area contributed by atoms with Crippen molar-refractivity contribution in [3.8, 4) is 0 Å². The van der Waals surface area contributed by atoms with E-state index in [0.29, 0.717) is 43.7 Å². The van der Waals surface area contributed by atoms with Crippen molar-refractivity contribution in [2.45, 2.75) is 64.1 Å². The van der Waals surface area contributed by atoms with Crippen molar-refractivity contribution in [2.24, 2.45) is 0 Å². The number of aromatic amines is 1. The molecular weight excluding hydrogens is 601 g/mol. The highest BCUT2D eigenvalue weighted by atomic mass is 19.1. The highest BCUT2D eigenvalue weighted by molar-refractivity contribution is 5.97. The van der Waals surface area contributed by atoms with E-state index in [1.807, 2.05) is 6.20 Å². The van der Waals surface area contributed by atoms with Crippen molar-refractivity contribution < 1.29 is 23.9 Å². The fourth-order valence-corrected chi connectivity index (χ4v) is 4.44. The Labute approximate surface area is 262 Å². The fourth-order valence-electron chi connectivity index (χ4n) is 4.44. The van der Waals surface area contributed by atoms with Crippen LogP contribution in [0.5, 0.6) is 0 Å². The number of carbonyl (C=O) groups is 3. The number of nitrogens with zero attached hydrogens (tertiary/aromatic N) is 6. The lowest BCUT2D eigenvalue weighted by atomic mass is 10.1. The molecule has 17 heteroatoms. The number of hydrogen-bond acceptors (Lipinski definition) is 11. The first kappa shape index (κ1) is 33.4. The first-order valence-electron chi connectivity index (χ1n) is 14.8. The number of aryl methyl sites for hydroxylation is 2. The van der Waals surface area contributed by atoms with Crippen LogP contribution in [-0.4, -0.2) is 77.1 Å². The van der Waals surface area contributed by atoms with Crippen LogP contribution in [0.2, 0.25) is 0 Å². The molecule has 7 N–H and O–H groups in total. The number of halogens is 1. The van der Waals surface area contributed by atoms with Gasteiger partial charge in [0.25, 0.3) is 11.5 Å². The molecule has 1 unspecified atom stereocenters. The number of anilines is 2. The van der Waals surface area contributed by atoms with Gasteiger partial charge < -0.3 is 26.8 Å². The number of H-pyrrole nitrogens is 1. The second-order valence-corrected chi connectivity index (χ2v) is 10.5. The third kappa shape index (κ3) is 10.0. The monoisotopic (exact) mass is 637 g/mol. The van der Waals surface area contributed by atoms with Crippen LogP contribution in [0.4, 0.5) is 16.0 Å². The summed E-state index contributed by atoms with van der Waals surface area (Å²) in [4.78, 5) is 63.5. The molecule has 0 aliphatic carbocycles. The van der Waals surface area contributed by atoms with E-state index in [9.17, 15) is 28.7 Å². The van der Waals surface area contributed by atoms with E-state index in [4.69, 9.17) is 5.73 Å². The van der Waals surface area contributed by atoms with Gasteiger partial charge in [-0.2, -0.15) is 4.98 Å². The van der Waals surface area contributed by atoms with Crippen LogP contribution in [-0.2, 0) is 29.1 Å². The zero-order valence-electron chi connectivity index (χ0n) is 25.0. The van der Waals surface area contributed by atoms with Gasteiger partial charge in [0.1, 0.15) is 6.04 Å². The summed E-state index contributed by atoms with van der Waals surface area (Å²) in [6, 6.07) is 5.08. The smallest absolute Gasteiger partial charge is 0.326 e. The van der Waals surface area contributed by atoms with Crippen molar-refractivity contribution >= 4 is 40.6 Å². The molecule has 2 amide bonds. The topological polar surface area (TPSA) is 236 Å². The predicted molar refractivity (Wildman–Crippen MR) is 165 cm³/mol. The molecule has 0 fully saturated rings. The number of amides is 2. The Morgan fingerprint density at radius 2 is 1.87 bits per heavy atom. The molecule has 0 aliphatic heterocycles. The van der Waals surface area contributed by atoms with Crippen LogP contribution < -0.4 is 27.2 Å². The highest BCUT2D eigenvalue weighted by Gasteiger charge is 2.22. The van der Waals surface area contributed by atoms with Gasteiger partial charge in [0, 0.05) is 37.0 Å². The van der Waals surface area contributed by atoms with E-state index >= 15 is 0 Å². The van der Waals surface area contributed by atoms with E-state index in [0.717, 1.165) is 18.5 Å². The van der Waals surface area contributed by atoms with Crippen LogP contribution in [0, 0.1) is 0 Å². The van der Waals surface area contributed by atoms with Crippen molar-refractivity contribution in [1.82, 2.24) is 45.6 Å². The number of nitrogens with two attached hydrogens (primary N) is 1. The lowest BCUT2D eigenvalue weighted by Crippen LogP contribution is -2.41. The Hall–Kier alpha value is -5.48. The summed E-state index contributed by atoms with van der Waals surface area (Å²) in [5, 5.41) is 26.0. The standard InChI is InChI=1S/C29H36FN11O5/c30-12-2-1-5-20-17-41(40-39-20)14-4-3-13-32-23(42)11-10-22(28(45)46)36-26(43)18-6-8-19(9-7-18)33-15-21-16-34-25-24(35-21)27(44)38-29(31)37-25/h6-9,16-17,22,33H,1-5,10-15H2,(H,32,42)(H,36,43)(H,45,46)(H3,31,34,37,38,44). The highest BCUT2D eigenvalue weighted by Crippen LogP contribution is 2.12. The molecule has 4 aromatic rings. The van der Waals surface area contributed by atoms with Gasteiger partial charge >= 0.3 is 5.97 Å². The van der Waals surface area contributed by atoms with Gasteiger partial charge in [-0.15, -0.1) is 5.10 Å². The maximum atomic E-state index is 12.7. The van der Waals surface area contributed by atoms with Crippen LogP contribution in [0.1, 0.15) is 60.3 Å². The summed E-state index contributed by atoms with van der Waals surface area (Å²) in [5.74, 6) is -2.20. The van der Waals surface area contributed by atoms with E-state index < -0.39 is 23.5 Å². The number of aromatic nitrogens is 7. The number of carboxylic acid groups (broad SMARTS) is 1. The van der Waals surface area contributed by atoms with E-state index in [2.05, 4.69) is 46.2 Å². The average molecular weight is 638 g/mol. The molecule has 0 radical (unpaired) electrons. The number of benzene rings is 1. The minimum Gasteiger partial charge on any atom is -0.480 e. The molecule has 0 spiro atoms. The normalized spacial score (nSPS) is 11.7. The Bertz CT molecular complexity index is 1690. The molecule has 1 aromatic carbocycles. The van der Waals surface area contributed by atoms with E-state index in [-0.39, 0.29) is 54.6 Å². The largest absolute Gasteiger partial charge is 0.480 e. The molecule has 0 saturated heterocycles. The third-order valence-corrected chi connectivity index (χ3v) is 6.91. The van der Waals surface area contributed by atoms with Crippen LogP contribution in [0.3, 0.4) is 0 Å². The van der Waals surface area contributed by atoms with Gasteiger partial charge in [-0.1, -0.05) is 5.21 Å². The molecule has 0 saturated carbocycles. The summed E-state index contributed by atoms with van der Waals surface area (Å²) < 4.78 is 13.9. The number of nitrogen functional groups attached to an aromatic ring is 1. The van der Waals surface area contributed by atoms with Crippen molar-refractivity contribution in [1.29, 1.82) is 0 Å². The van der Waals surface area contributed by atoms with Crippen LogP contribution in [0.15, 0.2) is 41.5 Å². The molecule has 3 aromatic heterocycles. The minimum atomic E-state index is -1.25. The molecule has 3 heterocycles. The van der Waals surface area contributed by atoms with Gasteiger partial charge in [0.2, 0.25) is 11.9 Å². The Morgan fingerprint density at radius 3 is 2.63 bits per heavy atom. The zero-order valence-corrected chi connectivity index (χ0v) is 25.0. The maximum absolute atomic E-state index is 12.7. The molecule has 4 rings (SSSR count). The molecule has 1 atom stereocenters. The second-order valence-electron chi connectivity index (χ2n) is 10.5. The minimum absolute atomic E-state index is 0.0523. The lowest BCUT2D eigenvalue weighted by Gasteiger charge is -2.15. The Kier molecular flexibility index (Phi) is 12.0. The molecule has 244 valence electrons. The van der Waals surface area contributed by atoms with Gasteiger partial charge in [-0.05, 0) is 62.8 Å². The molecule has 0 bridgehead atoms. The van der Waals surface area contributed by atoms with Crippen molar-refractivity contribution in [2.75, 3.05) is 24.3 Å². The van der Waals surface area contributed by atoms with Crippen LogP contribution >= 0.6 is 0 Å². The lowest BCUT2D eigenvalue weighted by molar-refractivity contribution is -0.139. The number of unbranched alkanes of at least 4 members (excludes halogenated alkanes) is 2. The third-order valence-electron chi connectivity index (χ3n) is 6.91. The fraction of sp³-hybridized carbons (Fsp3) is 0.414. The maximum Gasteiger partial charge on any atom is 0.326 e. The average Bonchev–Trinajstić information content (AvgIpc) is 3.49. The second kappa shape index (κ2) is 16.6. The molecule has 0 aliphatic rings. The SMILES string of the molecule is Nc1nc2ncc(CNc3ccc(C(=O)NC(CCC(=O)NCCCCn4cc(CCCCF)nn4)C(=O)O)cc3)nc2c(=O)[nH]1. The summed E-state index contributed by atoms with van der Waals surface area (Å²) in [7, 11) is 0. The summed E-state index contributed by atoms with van der Waals surface area (Å²) in [6.07, 6.45) is 6.52. The van der Waals surface area contributed by atoms with Crippen LogP contribution in [0.25, 0.3) is 11.2 Å². The quantitative estimate of drug-likeness (QED) is 0.0848. The number of nitrogens with one attached hydrogen (secondary N) is 4. The Morgan fingerprint density at radius 1 is 1.07 bits per heavy atom.